The summed E-state index contributed by atoms with van der Waals surface area (Å²) in [5.74, 6) is -0.960. The van der Waals surface area contributed by atoms with Gasteiger partial charge in [-0.3, -0.25) is 9.59 Å². The van der Waals surface area contributed by atoms with Gasteiger partial charge in [0.1, 0.15) is 5.75 Å². The van der Waals surface area contributed by atoms with Crippen LogP contribution in [-0.4, -0.2) is 27.3 Å². The van der Waals surface area contributed by atoms with Crippen molar-refractivity contribution in [2.75, 3.05) is 0 Å². The van der Waals surface area contributed by atoms with Crippen LogP contribution in [0.2, 0.25) is 0 Å². The predicted molar refractivity (Wildman–Crippen MR) is 106 cm³/mol. The number of carboxylic acids is 2. The second-order valence-electron chi connectivity index (χ2n) is 8.85. The Morgan fingerprint density at radius 2 is 1.32 bits per heavy atom. The lowest BCUT2D eigenvalue weighted by molar-refractivity contribution is -0.144. The number of carbonyl (C=O) groups is 2. The Balaban J connectivity index is 1.41. The summed E-state index contributed by atoms with van der Waals surface area (Å²) in [6.45, 7) is 0. The fourth-order valence-corrected chi connectivity index (χ4v) is 4.31. The average molecular weight is 389 g/mol. The van der Waals surface area contributed by atoms with Crippen molar-refractivity contribution >= 4 is 11.9 Å². The summed E-state index contributed by atoms with van der Waals surface area (Å²) < 4.78 is 0. The number of benzene rings is 1. The first kappa shape index (κ1) is 20.7. The molecular formula is C23H32O5. The van der Waals surface area contributed by atoms with Gasteiger partial charge in [-0.25, -0.2) is 0 Å². The van der Waals surface area contributed by atoms with Crippen molar-refractivity contribution in [3.8, 4) is 5.75 Å². The molecule has 0 aromatic heterocycles. The van der Waals surface area contributed by atoms with Crippen LogP contribution < -0.4 is 0 Å². The zero-order valence-corrected chi connectivity index (χ0v) is 16.6. The van der Waals surface area contributed by atoms with Gasteiger partial charge in [0.2, 0.25) is 0 Å². The molecular weight excluding hydrogens is 356 g/mol. The van der Waals surface area contributed by atoms with Crippen LogP contribution in [0, 0.1) is 10.8 Å². The van der Waals surface area contributed by atoms with Gasteiger partial charge < -0.3 is 15.3 Å². The fourth-order valence-electron chi connectivity index (χ4n) is 4.31. The molecule has 2 aliphatic rings. The van der Waals surface area contributed by atoms with Gasteiger partial charge in [-0.15, -0.1) is 0 Å². The number of aryl methyl sites for hydroxylation is 1. The molecule has 3 rings (SSSR count). The summed E-state index contributed by atoms with van der Waals surface area (Å²) in [4.78, 5) is 22.5. The molecule has 0 radical (unpaired) electrons. The summed E-state index contributed by atoms with van der Waals surface area (Å²) in [6.07, 6.45) is 11.1. The summed E-state index contributed by atoms with van der Waals surface area (Å²) in [7, 11) is 0. The SMILES string of the molecule is O=C(O)C1(CCCCCc2c(O)cccc2CCCCC2(C(=O)O)CC2)CC1. The van der Waals surface area contributed by atoms with E-state index in [-0.39, 0.29) is 0 Å². The highest BCUT2D eigenvalue weighted by atomic mass is 16.4. The normalized spacial score (nSPS) is 18.6. The lowest BCUT2D eigenvalue weighted by atomic mass is 9.93. The molecule has 1 aromatic rings. The minimum atomic E-state index is -0.651. The molecule has 2 fully saturated rings. The van der Waals surface area contributed by atoms with Crippen LogP contribution in [0.3, 0.4) is 0 Å². The van der Waals surface area contributed by atoms with Crippen molar-refractivity contribution < 1.29 is 24.9 Å². The van der Waals surface area contributed by atoms with Crippen LogP contribution in [-0.2, 0) is 22.4 Å². The number of carboxylic acid groups (broad SMARTS) is 2. The van der Waals surface area contributed by atoms with Crippen LogP contribution in [0.25, 0.3) is 0 Å². The minimum absolute atomic E-state index is 0.339. The Morgan fingerprint density at radius 1 is 0.786 bits per heavy atom. The highest BCUT2D eigenvalue weighted by molar-refractivity contribution is 5.78. The summed E-state index contributed by atoms with van der Waals surface area (Å²) >= 11 is 0. The van der Waals surface area contributed by atoms with Gasteiger partial charge >= 0.3 is 11.9 Å². The van der Waals surface area contributed by atoms with Crippen molar-refractivity contribution in [1.29, 1.82) is 0 Å². The van der Waals surface area contributed by atoms with E-state index in [0.717, 1.165) is 94.6 Å². The Morgan fingerprint density at radius 3 is 1.86 bits per heavy atom. The van der Waals surface area contributed by atoms with E-state index in [0.29, 0.717) is 5.75 Å². The number of unbranched alkanes of at least 4 members (excludes halogenated alkanes) is 3. The van der Waals surface area contributed by atoms with Gasteiger partial charge in [0.15, 0.2) is 0 Å². The first-order valence-electron chi connectivity index (χ1n) is 10.7. The molecule has 5 heteroatoms. The third-order valence-corrected chi connectivity index (χ3v) is 6.80. The van der Waals surface area contributed by atoms with Crippen molar-refractivity contribution in [2.24, 2.45) is 10.8 Å². The summed E-state index contributed by atoms with van der Waals surface area (Å²) in [6, 6.07) is 5.66. The van der Waals surface area contributed by atoms with E-state index in [4.69, 9.17) is 0 Å². The van der Waals surface area contributed by atoms with E-state index < -0.39 is 22.8 Å². The number of aliphatic carboxylic acids is 2. The average Bonchev–Trinajstić information content (AvgIpc) is 3.55. The molecule has 2 aliphatic carbocycles. The molecule has 0 unspecified atom stereocenters. The number of rotatable bonds is 13. The van der Waals surface area contributed by atoms with E-state index in [1.807, 2.05) is 6.07 Å². The number of aromatic hydroxyl groups is 1. The zero-order valence-electron chi connectivity index (χ0n) is 16.6. The van der Waals surface area contributed by atoms with E-state index in [1.54, 1.807) is 6.07 Å². The maximum Gasteiger partial charge on any atom is 0.309 e. The Hall–Kier alpha value is -2.04. The zero-order chi connectivity index (χ0) is 20.2. The highest BCUT2D eigenvalue weighted by Gasteiger charge is 2.49. The summed E-state index contributed by atoms with van der Waals surface area (Å²) in [5.41, 5.74) is 1.27. The molecule has 2 saturated carbocycles. The number of phenols is 1. The maximum absolute atomic E-state index is 11.3. The lowest BCUT2D eigenvalue weighted by Crippen LogP contribution is -2.14. The van der Waals surface area contributed by atoms with Crippen LogP contribution in [0.5, 0.6) is 5.75 Å². The van der Waals surface area contributed by atoms with Crippen LogP contribution in [0.1, 0.15) is 81.8 Å². The topological polar surface area (TPSA) is 94.8 Å². The van der Waals surface area contributed by atoms with E-state index in [9.17, 15) is 24.9 Å². The Labute approximate surface area is 166 Å². The van der Waals surface area contributed by atoms with Crippen LogP contribution in [0.15, 0.2) is 18.2 Å². The quantitative estimate of drug-likeness (QED) is 0.416. The van der Waals surface area contributed by atoms with Crippen molar-refractivity contribution in [1.82, 2.24) is 0 Å². The van der Waals surface area contributed by atoms with Crippen molar-refractivity contribution in [3.05, 3.63) is 29.3 Å². The molecule has 0 bridgehead atoms. The van der Waals surface area contributed by atoms with Gasteiger partial charge in [0, 0.05) is 0 Å². The second-order valence-corrected chi connectivity index (χ2v) is 8.85. The smallest absolute Gasteiger partial charge is 0.309 e. The molecule has 0 amide bonds. The van der Waals surface area contributed by atoms with E-state index in [2.05, 4.69) is 6.07 Å². The third kappa shape index (κ3) is 4.86. The second kappa shape index (κ2) is 8.54. The molecule has 0 spiro atoms. The van der Waals surface area contributed by atoms with Crippen LogP contribution >= 0.6 is 0 Å². The summed E-state index contributed by atoms with van der Waals surface area (Å²) in [5, 5.41) is 28.8. The molecule has 0 aliphatic heterocycles. The molecule has 5 nitrogen and oxygen atoms in total. The van der Waals surface area contributed by atoms with Gasteiger partial charge in [0.25, 0.3) is 0 Å². The number of phenolic OH excluding ortho intramolecular Hbond substituents is 1. The molecule has 0 saturated heterocycles. The lowest BCUT2D eigenvalue weighted by Gasteiger charge is -2.13. The van der Waals surface area contributed by atoms with E-state index in [1.165, 1.54) is 0 Å². The maximum atomic E-state index is 11.3. The monoisotopic (exact) mass is 388 g/mol. The fraction of sp³-hybridized carbons (Fsp3) is 0.652. The van der Waals surface area contributed by atoms with Gasteiger partial charge in [-0.05, 0) is 81.4 Å². The third-order valence-electron chi connectivity index (χ3n) is 6.80. The Bertz CT molecular complexity index is 716. The van der Waals surface area contributed by atoms with Crippen molar-refractivity contribution in [2.45, 2.75) is 83.5 Å². The largest absolute Gasteiger partial charge is 0.508 e. The van der Waals surface area contributed by atoms with Gasteiger partial charge in [0.05, 0.1) is 10.8 Å². The predicted octanol–water partition coefficient (Wildman–Crippen LogP) is 4.94. The standard InChI is InChI=1S/C23H32O5/c24-19-10-6-8-17(7-3-5-12-23(15-16-23)21(27)28)18(19)9-2-1-4-11-22(13-14-22)20(25)26/h6,8,10,24H,1-5,7,9,11-16H2,(H,25,26)(H,27,28). The molecule has 1 aromatic carbocycles. The van der Waals surface area contributed by atoms with E-state index >= 15 is 0 Å². The molecule has 28 heavy (non-hydrogen) atoms. The molecule has 0 heterocycles. The first-order chi connectivity index (χ1) is 13.4. The van der Waals surface area contributed by atoms with Crippen LogP contribution in [0.4, 0.5) is 0 Å². The first-order valence-corrected chi connectivity index (χ1v) is 10.7. The molecule has 154 valence electrons. The molecule has 0 atom stereocenters. The molecule has 3 N–H and O–H groups in total. The highest BCUT2D eigenvalue weighted by Crippen LogP contribution is 2.50. The minimum Gasteiger partial charge on any atom is -0.508 e. The number of hydrogen-bond donors (Lipinski definition) is 3. The number of hydrogen-bond acceptors (Lipinski definition) is 3. The Kier molecular flexibility index (Phi) is 6.31. The van der Waals surface area contributed by atoms with Crippen molar-refractivity contribution in [3.63, 3.8) is 0 Å². The van der Waals surface area contributed by atoms with Gasteiger partial charge in [-0.2, -0.15) is 0 Å². The van der Waals surface area contributed by atoms with Gasteiger partial charge in [-0.1, -0.05) is 31.4 Å².